The van der Waals surface area contributed by atoms with Crippen LogP contribution in [0.25, 0.3) is 0 Å². The minimum Gasteiger partial charge on any atom is -0.354 e. The Morgan fingerprint density at radius 1 is 1.12 bits per heavy atom. The van der Waals surface area contributed by atoms with Crippen LogP contribution in [0.5, 0.6) is 0 Å². The highest BCUT2D eigenvalue weighted by Crippen LogP contribution is 2.28. The SMILES string of the molecule is CCc1cccc(N2C[C@H](C(=O)NCCNC(=O)C3CC3)CC2=O)c1. The number of aryl methyl sites for hydroxylation is 1. The van der Waals surface area contributed by atoms with Gasteiger partial charge in [0.25, 0.3) is 0 Å². The normalized spacial score (nSPS) is 19.8. The molecular weight excluding hydrogens is 318 g/mol. The van der Waals surface area contributed by atoms with Crippen LogP contribution in [0.3, 0.4) is 0 Å². The number of hydrogen-bond acceptors (Lipinski definition) is 3. The highest BCUT2D eigenvalue weighted by molar-refractivity contribution is 6.00. The van der Waals surface area contributed by atoms with E-state index in [1.807, 2.05) is 24.3 Å². The third-order valence-electron chi connectivity index (χ3n) is 4.80. The van der Waals surface area contributed by atoms with Crippen LogP contribution in [0.15, 0.2) is 24.3 Å². The summed E-state index contributed by atoms with van der Waals surface area (Å²) in [7, 11) is 0. The van der Waals surface area contributed by atoms with Gasteiger partial charge in [-0.2, -0.15) is 0 Å². The lowest BCUT2D eigenvalue weighted by Gasteiger charge is -2.17. The number of carbonyl (C=O) groups excluding carboxylic acids is 3. The Balaban J connectivity index is 1.47. The van der Waals surface area contributed by atoms with Crippen molar-refractivity contribution in [1.29, 1.82) is 0 Å². The molecule has 1 heterocycles. The Morgan fingerprint density at radius 2 is 1.80 bits per heavy atom. The van der Waals surface area contributed by atoms with Gasteiger partial charge in [0.05, 0.1) is 5.92 Å². The summed E-state index contributed by atoms with van der Waals surface area (Å²) in [5.74, 6) is -0.224. The Kier molecular flexibility index (Phi) is 5.36. The number of amides is 3. The molecule has 0 spiro atoms. The van der Waals surface area contributed by atoms with Crippen LogP contribution in [-0.4, -0.2) is 37.4 Å². The lowest BCUT2D eigenvalue weighted by molar-refractivity contribution is -0.126. The number of benzene rings is 1. The van der Waals surface area contributed by atoms with E-state index < -0.39 is 0 Å². The van der Waals surface area contributed by atoms with Crippen molar-refractivity contribution in [2.45, 2.75) is 32.6 Å². The fourth-order valence-electron chi connectivity index (χ4n) is 3.08. The molecule has 1 saturated heterocycles. The van der Waals surface area contributed by atoms with Gasteiger partial charge in [-0.15, -0.1) is 0 Å². The summed E-state index contributed by atoms with van der Waals surface area (Å²) < 4.78 is 0. The van der Waals surface area contributed by atoms with Gasteiger partial charge >= 0.3 is 0 Å². The molecular formula is C19H25N3O3. The second-order valence-electron chi connectivity index (χ2n) is 6.79. The molecule has 0 radical (unpaired) electrons. The summed E-state index contributed by atoms with van der Waals surface area (Å²) >= 11 is 0. The van der Waals surface area contributed by atoms with E-state index in [1.165, 1.54) is 5.56 Å². The second kappa shape index (κ2) is 7.68. The predicted molar refractivity (Wildman–Crippen MR) is 95.0 cm³/mol. The third-order valence-corrected chi connectivity index (χ3v) is 4.80. The lowest BCUT2D eigenvalue weighted by Crippen LogP contribution is -2.38. The van der Waals surface area contributed by atoms with Crippen LogP contribution in [0, 0.1) is 11.8 Å². The van der Waals surface area contributed by atoms with E-state index in [-0.39, 0.29) is 36.0 Å². The van der Waals surface area contributed by atoms with E-state index in [0.717, 1.165) is 24.9 Å². The molecule has 1 aromatic rings. The summed E-state index contributed by atoms with van der Waals surface area (Å²) in [6, 6.07) is 7.89. The van der Waals surface area contributed by atoms with E-state index in [0.29, 0.717) is 19.6 Å². The third kappa shape index (κ3) is 4.38. The molecule has 0 bridgehead atoms. The number of nitrogens with one attached hydrogen (secondary N) is 2. The zero-order chi connectivity index (χ0) is 17.8. The fraction of sp³-hybridized carbons (Fsp3) is 0.526. The number of carbonyl (C=O) groups is 3. The van der Waals surface area contributed by atoms with Crippen LogP contribution in [0.4, 0.5) is 5.69 Å². The van der Waals surface area contributed by atoms with Crippen molar-refractivity contribution >= 4 is 23.4 Å². The highest BCUT2D eigenvalue weighted by atomic mass is 16.2. The fourth-order valence-corrected chi connectivity index (χ4v) is 3.08. The lowest BCUT2D eigenvalue weighted by atomic mass is 10.1. The molecule has 1 saturated carbocycles. The van der Waals surface area contributed by atoms with Gasteiger partial charge in [0.1, 0.15) is 0 Å². The van der Waals surface area contributed by atoms with E-state index in [9.17, 15) is 14.4 Å². The largest absolute Gasteiger partial charge is 0.354 e. The predicted octanol–water partition coefficient (Wildman–Crippen LogP) is 1.24. The molecule has 1 aromatic carbocycles. The zero-order valence-electron chi connectivity index (χ0n) is 14.6. The molecule has 2 N–H and O–H groups in total. The zero-order valence-corrected chi connectivity index (χ0v) is 14.6. The van der Waals surface area contributed by atoms with Gasteiger partial charge in [0.15, 0.2) is 0 Å². The van der Waals surface area contributed by atoms with E-state index in [2.05, 4.69) is 17.6 Å². The van der Waals surface area contributed by atoms with Crippen molar-refractivity contribution in [1.82, 2.24) is 10.6 Å². The van der Waals surface area contributed by atoms with Gasteiger partial charge in [0.2, 0.25) is 17.7 Å². The molecule has 2 fully saturated rings. The smallest absolute Gasteiger partial charge is 0.227 e. The van der Waals surface area contributed by atoms with Gasteiger partial charge in [-0.3, -0.25) is 14.4 Å². The molecule has 1 aliphatic carbocycles. The van der Waals surface area contributed by atoms with Crippen molar-refractivity contribution in [3.8, 4) is 0 Å². The second-order valence-corrected chi connectivity index (χ2v) is 6.79. The Bertz CT molecular complexity index is 670. The number of nitrogens with zero attached hydrogens (tertiary/aromatic N) is 1. The minimum atomic E-state index is -0.336. The summed E-state index contributed by atoms with van der Waals surface area (Å²) in [5, 5.41) is 5.64. The topological polar surface area (TPSA) is 78.5 Å². The average molecular weight is 343 g/mol. The van der Waals surface area contributed by atoms with Gasteiger partial charge in [-0.1, -0.05) is 19.1 Å². The Morgan fingerprint density at radius 3 is 2.44 bits per heavy atom. The van der Waals surface area contributed by atoms with Crippen LogP contribution in [0.2, 0.25) is 0 Å². The van der Waals surface area contributed by atoms with Crippen molar-refractivity contribution in [3.63, 3.8) is 0 Å². The van der Waals surface area contributed by atoms with Crippen LogP contribution >= 0.6 is 0 Å². The minimum absolute atomic E-state index is 0.0181. The maximum absolute atomic E-state index is 12.3. The van der Waals surface area contributed by atoms with E-state index >= 15 is 0 Å². The maximum atomic E-state index is 12.3. The molecule has 3 amide bonds. The standard InChI is InChI=1S/C19H25N3O3/c1-2-13-4-3-5-16(10-13)22-12-15(11-17(22)23)19(25)21-9-8-20-18(24)14-6-7-14/h3-5,10,14-15H,2,6-9,11-12H2,1H3,(H,20,24)(H,21,25)/t15-/m1/s1. The van der Waals surface area contributed by atoms with E-state index in [4.69, 9.17) is 0 Å². The Hall–Kier alpha value is -2.37. The molecule has 3 rings (SSSR count). The highest BCUT2D eigenvalue weighted by Gasteiger charge is 2.35. The molecule has 25 heavy (non-hydrogen) atoms. The first kappa shape index (κ1) is 17.5. The summed E-state index contributed by atoms with van der Waals surface area (Å²) in [6.07, 6.45) is 3.08. The number of rotatable bonds is 7. The molecule has 2 aliphatic rings. The first-order chi connectivity index (χ1) is 12.1. The van der Waals surface area contributed by atoms with Crippen molar-refractivity contribution in [2.75, 3.05) is 24.5 Å². The first-order valence-electron chi connectivity index (χ1n) is 9.03. The summed E-state index contributed by atoms with van der Waals surface area (Å²) in [4.78, 5) is 37.8. The van der Waals surface area contributed by atoms with Gasteiger partial charge in [0, 0.05) is 37.7 Å². The van der Waals surface area contributed by atoms with Crippen molar-refractivity contribution in [2.24, 2.45) is 11.8 Å². The monoisotopic (exact) mass is 343 g/mol. The number of hydrogen-bond donors (Lipinski definition) is 2. The molecule has 6 nitrogen and oxygen atoms in total. The first-order valence-corrected chi connectivity index (χ1v) is 9.03. The van der Waals surface area contributed by atoms with Crippen LogP contribution < -0.4 is 15.5 Å². The quantitative estimate of drug-likeness (QED) is 0.731. The van der Waals surface area contributed by atoms with Crippen molar-refractivity contribution in [3.05, 3.63) is 29.8 Å². The van der Waals surface area contributed by atoms with Gasteiger partial charge in [-0.05, 0) is 37.0 Å². The van der Waals surface area contributed by atoms with Crippen molar-refractivity contribution < 1.29 is 14.4 Å². The maximum Gasteiger partial charge on any atom is 0.227 e. The van der Waals surface area contributed by atoms with Crippen LogP contribution in [0.1, 0.15) is 31.7 Å². The molecule has 6 heteroatoms. The van der Waals surface area contributed by atoms with Gasteiger partial charge in [-0.25, -0.2) is 0 Å². The summed E-state index contributed by atoms with van der Waals surface area (Å²) in [5.41, 5.74) is 2.03. The van der Waals surface area contributed by atoms with E-state index in [1.54, 1.807) is 4.90 Å². The summed E-state index contributed by atoms with van der Waals surface area (Å²) in [6.45, 7) is 3.31. The van der Waals surface area contributed by atoms with Crippen LogP contribution in [-0.2, 0) is 20.8 Å². The van der Waals surface area contributed by atoms with Gasteiger partial charge < -0.3 is 15.5 Å². The molecule has 0 aromatic heterocycles. The Labute approximate surface area is 148 Å². The molecule has 134 valence electrons. The molecule has 0 unspecified atom stereocenters. The molecule has 1 atom stereocenters. The average Bonchev–Trinajstić information content (AvgIpc) is 3.40. The molecule has 1 aliphatic heterocycles. The number of anilines is 1.